The van der Waals surface area contributed by atoms with Gasteiger partial charge in [0, 0.05) is 23.5 Å². The van der Waals surface area contributed by atoms with Gasteiger partial charge in [-0.3, -0.25) is 4.90 Å². The minimum atomic E-state index is 0.414. The molecule has 16 heavy (non-hydrogen) atoms. The SMILES string of the molecule is Cc1cc(CN(C)C(C)c2cccs2)no1. The van der Waals surface area contributed by atoms with E-state index in [9.17, 15) is 0 Å². The predicted molar refractivity (Wildman–Crippen MR) is 65.4 cm³/mol. The van der Waals surface area contributed by atoms with Crippen LogP contribution < -0.4 is 0 Å². The van der Waals surface area contributed by atoms with Gasteiger partial charge in [0.15, 0.2) is 0 Å². The molecular weight excluding hydrogens is 220 g/mol. The lowest BCUT2D eigenvalue weighted by Gasteiger charge is -2.22. The van der Waals surface area contributed by atoms with Gasteiger partial charge in [0.25, 0.3) is 0 Å². The second kappa shape index (κ2) is 4.80. The summed E-state index contributed by atoms with van der Waals surface area (Å²) >= 11 is 1.79. The zero-order chi connectivity index (χ0) is 11.5. The number of hydrogen-bond acceptors (Lipinski definition) is 4. The Balaban J connectivity index is 2.00. The van der Waals surface area contributed by atoms with E-state index in [1.807, 2.05) is 13.0 Å². The quantitative estimate of drug-likeness (QED) is 0.816. The van der Waals surface area contributed by atoms with Crippen molar-refractivity contribution in [1.82, 2.24) is 10.1 Å². The summed E-state index contributed by atoms with van der Waals surface area (Å²) in [5, 5.41) is 6.12. The third kappa shape index (κ3) is 2.51. The van der Waals surface area contributed by atoms with Crippen LogP contribution in [0.15, 0.2) is 28.1 Å². The van der Waals surface area contributed by atoms with Crippen molar-refractivity contribution in [3.8, 4) is 0 Å². The third-order valence-corrected chi connectivity index (χ3v) is 3.75. The van der Waals surface area contributed by atoms with Crippen LogP contribution in [0.25, 0.3) is 0 Å². The summed E-state index contributed by atoms with van der Waals surface area (Å²) in [4.78, 5) is 3.64. The molecule has 0 saturated carbocycles. The van der Waals surface area contributed by atoms with E-state index >= 15 is 0 Å². The number of rotatable bonds is 4. The van der Waals surface area contributed by atoms with E-state index in [1.165, 1.54) is 4.88 Å². The molecule has 3 nitrogen and oxygen atoms in total. The van der Waals surface area contributed by atoms with Gasteiger partial charge < -0.3 is 4.52 Å². The molecule has 2 aromatic rings. The van der Waals surface area contributed by atoms with E-state index in [0.29, 0.717) is 6.04 Å². The molecule has 0 spiro atoms. The van der Waals surface area contributed by atoms with Crippen molar-refractivity contribution in [2.75, 3.05) is 7.05 Å². The van der Waals surface area contributed by atoms with Crippen LogP contribution in [0.4, 0.5) is 0 Å². The predicted octanol–water partition coefficient (Wildman–Crippen LogP) is 3.24. The minimum absolute atomic E-state index is 0.414. The van der Waals surface area contributed by atoms with Crippen LogP contribution in [-0.2, 0) is 6.54 Å². The molecule has 0 fully saturated rings. The lowest BCUT2D eigenvalue weighted by atomic mass is 10.2. The lowest BCUT2D eigenvalue weighted by Crippen LogP contribution is -2.21. The van der Waals surface area contributed by atoms with Crippen LogP contribution in [0.1, 0.15) is 29.3 Å². The number of aryl methyl sites for hydroxylation is 1. The molecule has 0 amide bonds. The van der Waals surface area contributed by atoms with Crippen molar-refractivity contribution in [2.45, 2.75) is 26.4 Å². The fourth-order valence-corrected chi connectivity index (χ4v) is 2.48. The Bertz CT molecular complexity index is 436. The maximum absolute atomic E-state index is 5.06. The van der Waals surface area contributed by atoms with Crippen LogP contribution >= 0.6 is 11.3 Å². The van der Waals surface area contributed by atoms with Gasteiger partial charge in [-0.25, -0.2) is 0 Å². The second-order valence-electron chi connectivity index (χ2n) is 4.04. The van der Waals surface area contributed by atoms with Crippen molar-refractivity contribution in [1.29, 1.82) is 0 Å². The van der Waals surface area contributed by atoms with Gasteiger partial charge in [0.1, 0.15) is 5.76 Å². The molecule has 0 aromatic carbocycles. The highest BCUT2D eigenvalue weighted by molar-refractivity contribution is 7.10. The maximum atomic E-state index is 5.06. The Morgan fingerprint density at radius 1 is 1.56 bits per heavy atom. The van der Waals surface area contributed by atoms with E-state index in [4.69, 9.17) is 4.52 Å². The summed E-state index contributed by atoms with van der Waals surface area (Å²) in [7, 11) is 2.11. The average molecular weight is 236 g/mol. The molecule has 0 radical (unpaired) electrons. The van der Waals surface area contributed by atoms with Crippen LogP contribution in [0.3, 0.4) is 0 Å². The fraction of sp³-hybridized carbons (Fsp3) is 0.417. The normalized spacial score (nSPS) is 13.2. The zero-order valence-corrected chi connectivity index (χ0v) is 10.6. The topological polar surface area (TPSA) is 29.3 Å². The van der Waals surface area contributed by atoms with Crippen molar-refractivity contribution in [3.63, 3.8) is 0 Å². The zero-order valence-electron chi connectivity index (χ0n) is 9.80. The molecular formula is C12H16N2OS. The van der Waals surface area contributed by atoms with Gasteiger partial charge in [-0.05, 0) is 32.3 Å². The van der Waals surface area contributed by atoms with Crippen LogP contribution in [0.2, 0.25) is 0 Å². The molecule has 86 valence electrons. The van der Waals surface area contributed by atoms with Gasteiger partial charge >= 0.3 is 0 Å². The second-order valence-corrected chi connectivity index (χ2v) is 5.01. The molecule has 1 atom stereocenters. The monoisotopic (exact) mass is 236 g/mol. The molecule has 0 aliphatic carbocycles. The van der Waals surface area contributed by atoms with Gasteiger partial charge in [-0.15, -0.1) is 11.3 Å². The first-order valence-electron chi connectivity index (χ1n) is 5.32. The summed E-state index contributed by atoms with van der Waals surface area (Å²) in [6.07, 6.45) is 0. The number of hydrogen-bond donors (Lipinski definition) is 0. The van der Waals surface area contributed by atoms with Crippen molar-refractivity contribution >= 4 is 11.3 Å². The minimum Gasteiger partial charge on any atom is -0.361 e. The Hall–Kier alpha value is -1.13. The molecule has 2 heterocycles. The Kier molecular flexibility index (Phi) is 3.41. The smallest absolute Gasteiger partial charge is 0.133 e. The fourth-order valence-electron chi connectivity index (χ4n) is 1.63. The van der Waals surface area contributed by atoms with E-state index < -0.39 is 0 Å². The molecule has 4 heteroatoms. The molecule has 0 N–H and O–H groups in total. The first-order valence-corrected chi connectivity index (χ1v) is 6.20. The van der Waals surface area contributed by atoms with E-state index in [0.717, 1.165) is 18.0 Å². The van der Waals surface area contributed by atoms with E-state index in [2.05, 4.69) is 41.5 Å². The molecule has 1 unspecified atom stereocenters. The van der Waals surface area contributed by atoms with E-state index in [1.54, 1.807) is 11.3 Å². The average Bonchev–Trinajstić information content (AvgIpc) is 2.88. The number of nitrogens with zero attached hydrogens (tertiary/aromatic N) is 2. The largest absolute Gasteiger partial charge is 0.361 e. The Morgan fingerprint density at radius 3 is 2.94 bits per heavy atom. The van der Waals surface area contributed by atoms with Crippen molar-refractivity contribution in [3.05, 3.63) is 39.9 Å². The third-order valence-electron chi connectivity index (χ3n) is 2.70. The van der Waals surface area contributed by atoms with Gasteiger partial charge in [0.2, 0.25) is 0 Å². The number of aromatic nitrogens is 1. The van der Waals surface area contributed by atoms with Crippen LogP contribution in [0, 0.1) is 6.92 Å². The van der Waals surface area contributed by atoms with Gasteiger partial charge in [0.05, 0.1) is 5.69 Å². The Morgan fingerprint density at radius 2 is 2.38 bits per heavy atom. The van der Waals surface area contributed by atoms with Crippen molar-refractivity contribution in [2.24, 2.45) is 0 Å². The summed E-state index contributed by atoms with van der Waals surface area (Å²) in [5.41, 5.74) is 0.989. The first-order chi connectivity index (χ1) is 7.66. The molecule has 2 aromatic heterocycles. The molecule has 0 saturated heterocycles. The highest BCUT2D eigenvalue weighted by Crippen LogP contribution is 2.24. The van der Waals surface area contributed by atoms with Gasteiger partial charge in [-0.2, -0.15) is 0 Å². The summed E-state index contributed by atoms with van der Waals surface area (Å²) in [5.74, 6) is 0.868. The molecule has 0 aliphatic heterocycles. The highest BCUT2D eigenvalue weighted by Gasteiger charge is 2.14. The van der Waals surface area contributed by atoms with Crippen LogP contribution in [0.5, 0.6) is 0 Å². The Labute approximate surface area is 99.7 Å². The summed E-state index contributed by atoms with van der Waals surface area (Å²) in [6.45, 7) is 4.94. The first kappa shape index (κ1) is 11.4. The van der Waals surface area contributed by atoms with Crippen molar-refractivity contribution < 1.29 is 4.52 Å². The maximum Gasteiger partial charge on any atom is 0.133 e. The molecule has 2 rings (SSSR count). The summed E-state index contributed by atoms with van der Waals surface area (Å²) < 4.78 is 5.06. The van der Waals surface area contributed by atoms with Crippen LogP contribution in [-0.4, -0.2) is 17.1 Å². The molecule has 0 bridgehead atoms. The lowest BCUT2D eigenvalue weighted by molar-refractivity contribution is 0.247. The molecule has 0 aliphatic rings. The van der Waals surface area contributed by atoms with E-state index in [-0.39, 0.29) is 0 Å². The highest BCUT2D eigenvalue weighted by atomic mass is 32.1. The summed E-state index contributed by atoms with van der Waals surface area (Å²) in [6, 6.07) is 6.65. The van der Waals surface area contributed by atoms with Gasteiger partial charge in [-0.1, -0.05) is 11.2 Å². The standard InChI is InChI=1S/C12H16N2OS/c1-9-7-11(13-15-9)8-14(3)10(2)12-5-4-6-16-12/h4-7,10H,8H2,1-3H3. The number of thiophene rings is 1.